The zero-order valence-electron chi connectivity index (χ0n) is 9.22. The summed E-state index contributed by atoms with van der Waals surface area (Å²) in [5.41, 5.74) is 2.44. The molecule has 1 aliphatic heterocycles. The van der Waals surface area contributed by atoms with Crippen LogP contribution in [-0.4, -0.2) is 18.2 Å². The van der Waals surface area contributed by atoms with Gasteiger partial charge in [0.15, 0.2) is 6.29 Å². The molecule has 3 rings (SSSR count). The predicted octanol–water partition coefficient (Wildman–Crippen LogP) is 2.26. The normalized spacial score (nSPS) is 16.2. The van der Waals surface area contributed by atoms with Crippen LogP contribution in [0.2, 0.25) is 0 Å². The van der Waals surface area contributed by atoms with Crippen molar-refractivity contribution in [3.8, 4) is 12.3 Å². The van der Waals surface area contributed by atoms with Crippen LogP contribution in [0.4, 0.5) is 0 Å². The van der Waals surface area contributed by atoms with Crippen molar-refractivity contribution in [2.24, 2.45) is 0 Å². The summed E-state index contributed by atoms with van der Waals surface area (Å²) in [7, 11) is 0. The first-order chi connectivity index (χ1) is 8.38. The minimum absolute atomic E-state index is 0.324. The van der Waals surface area contributed by atoms with Gasteiger partial charge >= 0.3 is 0 Å². The first-order valence-corrected chi connectivity index (χ1v) is 5.48. The number of rotatable bonds is 1. The van der Waals surface area contributed by atoms with Crippen LogP contribution in [-0.2, 0) is 9.47 Å². The van der Waals surface area contributed by atoms with Crippen molar-refractivity contribution >= 4 is 10.9 Å². The number of hydrogen-bond acceptors (Lipinski definition) is 3. The number of aromatic nitrogens is 1. The molecule has 0 amide bonds. The fourth-order valence-corrected chi connectivity index (χ4v) is 2.01. The summed E-state index contributed by atoms with van der Waals surface area (Å²) in [5.74, 6) is 2.56. The van der Waals surface area contributed by atoms with E-state index >= 15 is 0 Å². The molecule has 3 heteroatoms. The maximum absolute atomic E-state index is 5.53. The highest BCUT2D eigenvalue weighted by Gasteiger charge is 2.21. The van der Waals surface area contributed by atoms with Gasteiger partial charge in [-0.3, -0.25) is 0 Å². The van der Waals surface area contributed by atoms with Crippen molar-refractivity contribution in [2.75, 3.05) is 13.2 Å². The molecule has 0 aliphatic carbocycles. The largest absolute Gasteiger partial charge is 0.346 e. The SMILES string of the molecule is C#Cc1cc(C2OCCO2)c2ccccc2n1. The van der Waals surface area contributed by atoms with Crippen LogP contribution >= 0.6 is 0 Å². The Kier molecular flexibility index (Phi) is 2.52. The molecule has 0 atom stereocenters. The fraction of sp³-hybridized carbons (Fsp3) is 0.214. The van der Waals surface area contributed by atoms with Crippen molar-refractivity contribution in [3.05, 3.63) is 41.6 Å². The standard InChI is InChI=1S/C14H11NO2/c1-2-10-9-12(14-16-7-8-17-14)11-5-3-4-6-13(11)15-10/h1,3-6,9,14H,7-8H2. The summed E-state index contributed by atoms with van der Waals surface area (Å²) >= 11 is 0. The second-order valence-electron chi connectivity index (χ2n) is 3.83. The van der Waals surface area contributed by atoms with E-state index in [2.05, 4.69) is 10.9 Å². The number of terminal acetylenes is 1. The lowest BCUT2D eigenvalue weighted by atomic mass is 10.1. The minimum Gasteiger partial charge on any atom is -0.346 e. The second kappa shape index (κ2) is 4.17. The maximum Gasteiger partial charge on any atom is 0.184 e. The Balaban J connectivity index is 2.23. The Labute approximate surface area is 99.4 Å². The Morgan fingerprint density at radius 1 is 1.24 bits per heavy atom. The van der Waals surface area contributed by atoms with E-state index in [1.54, 1.807) is 0 Å². The van der Waals surface area contributed by atoms with Crippen molar-refractivity contribution in [2.45, 2.75) is 6.29 Å². The summed E-state index contributed by atoms with van der Waals surface area (Å²) in [6.07, 6.45) is 5.09. The lowest BCUT2D eigenvalue weighted by Crippen LogP contribution is -2.01. The molecule has 3 nitrogen and oxygen atoms in total. The molecular weight excluding hydrogens is 214 g/mol. The quantitative estimate of drug-likeness (QED) is 0.697. The van der Waals surface area contributed by atoms with Crippen LogP contribution in [0.25, 0.3) is 10.9 Å². The van der Waals surface area contributed by atoms with Gasteiger partial charge in [0.1, 0.15) is 5.69 Å². The molecule has 2 aromatic rings. The number of para-hydroxylation sites is 1. The van der Waals surface area contributed by atoms with E-state index < -0.39 is 0 Å². The molecule has 2 heterocycles. The second-order valence-corrected chi connectivity index (χ2v) is 3.83. The highest BCUT2D eigenvalue weighted by Crippen LogP contribution is 2.29. The van der Waals surface area contributed by atoms with E-state index in [0.29, 0.717) is 18.9 Å². The van der Waals surface area contributed by atoms with Gasteiger partial charge in [0.05, 0.1) is 18.7 Å². The van der Waals surface area contributed by atoms with Crippen LogP contribution < -0.4 is 0 Å². The number of benzene rings is 1. The molecule has 0 spiro atoms. The Morgan fingerprint density at radius 3 is 2.76 bits per heavy atom. The molecule has 1 fully saturated rings. The first kappa shape index (κ1) is 10.3. The van der Waals surface area contributed by atoms with Crippen LogP contribution in [0.1, 0.15) is 17.5 Å². The third-order valence-electron chi connectivity index (χ3n) is 2.77. The van der Waals surface area contributed by atoms with Gasteiger partial charge in [-0.25, -0.2) is 4.98 Å². The van der Waals surface area contributed by atoms with E-state index in [-0.39, 0.29) is 6.29 Å². The van der Waals surface area contributed by atoms with Crippen LogP contribution in [0, 0.1) is 12.3 Å². The van der Waals surface area contributed by atoms with Gasteiger partial charge in [-0.2, -0.15) is 0 Å². The first-order valence-electron chi connectivity index (χ1n) is 5.48. The molecular formula is C14H11NO2. The number of fused-ring (bicyclic) bond motifs is 1. The number of nitrogens with zero attached hydrogens (tertiary/aromatic N) is 1. The highest BCUT2D eigenvalue weighted by atomic mass is 16.7. The van der Waals surface area contributed by atoms with E-state index in [9.17, 15) is 0 Å². The average molecular weight is 225 g/mol. The summed E-state index contributed by atoms with van der Waals surface area (Å²) in [6, 6.07) is 9.71. The molecule has 0 bridgehead atoms. The lowest BCUT2D eigenvalue weighted by Gasteiger charge is -2.12. The van der Waals surface area contributed by atoms with Gasteiger partial charge in [-0.05, 0) is 12.1 Å². The zero-order valence-corrected chi connectivity index (χ0v) is 9.22. The van der Waals surface area contributed by atoms with E-state index in [0.717, 1.165) is 16.5 Å². The van der Waals surface area contributed by atoms with Crippen molar-refractivity contribution in [1.82, 2.24) is 4.98 Å². The summed E-state index contributed by atoms with van der Waals surface area (Å²) in [5, 5.41) is 1.03. The van der Waals surface area contributed by atoms with Gasteiger partial charge in [0.25, 0.3) is 0 Å². The third kappa shape index (κ3) is 1.78. The van der Waals surface area contributed by atoms with Crippen LogP contribution in [0.15, 0.2) is 30.3 Å². The molecule has 1 saturated heterocycles. The Hall–Kier alpha value is -1.89. The molecule has 0 unspecified atom stereocenters. The summed E-state index contributed by atoms with van der Waals surface area (Å²) in [6.45, 7) is 1.24. The van der Waals surface area contributed by atoms with Crippen LogP contribution in [0.3, 0.4) is 0 Å². The summed E-state index contributed by atoms with van der Waals surface area (Å²) < 4.78 is 11.1. The monoisotopic (exact) mass is 225 g/mol. The topological polar surface area (TPSA) is 31.4 Å². The molecule has 0 N–H and O–H groups in total. The zero-order chi connectivity index (χ0) is 11.7. The molecule has 17 heavy (non-hydrogen) atoms. The van der Waals surface area contributed by atoms with Gasteiger partial charge in [-0.15, -0.1) is 6.42 Å². The van der Waals surface area contributed by atoms with Gasteiger partial charge in [0.2, 0.25) is 0 Å². The van der Waals surface area contributed by atoms with Gasteiger partial charge < -0.3 is 9.47 Å². The van der Waals surface area contributed by atoms with Gasteiger partial charge in [-0.1, -0.05) is 24.1 Å². The van der Waals surface area contributed by atoms with Crippen molar-refractivity contribution in [1.29, 1.82) is 0 Å². The molecule has 84 valence electrons. The number of pyridine rings is 1. The van der Waals surface area contributed by atoms with E-state index in [1.807, 2.05) is 30.3 Å². The smallest absolute Gasteiger partial charge is 0.184 e. The van der Waals surface area contributed by atoms with Crippen molar-refractivity contribution < 1.29 is 9.47 Å². The lowest BCUT2D eigenvalue weighted by molar-refractivity contribution is -0.0430. The Bertz CT molecular complexity index is 595. The minimum atomic E-state index is -0.324. The molecule has 0 radical (unpaired) electrons. The maximum atomic E-state index is 5.53. The van der Waals surface area contributed by atoms with Crippen molar-refractivity contribution in [3.63, 3.8) is 0 Å². The molecule has 1 aliphatic rings. The van der Waals surface area contributed by atoms with Gasteiger partial charge in [0, 0.05) is 10.9 Å². The summed E-state index contributed by atoms with van der Waals surface area (Å²) in [4.78, 5) is 4.38. The average Bonchev–Trinajstić information content (AvgIpc) is 2.91. The van der Waals surface area contributed by atoms with E-state index in [1.165, 1.54) is 0 Å². The molecule has 1 aromatic carbocycles. The highest BCUT2D eigenvalue weighted by molar-refractivity contribution is 5.83. The number of hydrogen-bond donors (Lipinski definition) is 0. The number of ether oxygens (including phenoxy) is 2. The Morgan fingerprint density at radius 2 is 2.00 bits per heavy atom. The molecule has 1 aromatic heterocycles. The fourth-order valence-electron chi connectivity index (χ4n) is 2.01. The molecule has 0 saturated carbocycles. The predicted molar refractivity (Wildman–Crippen MR) is 64.3 cm³/mol. The van der Waals surface area contributed by atoms with E-state index in [4.69, 9.17) is 15.9 Å². The third-order valence-corrected chi connectivity index (χ3v) is 2.77. The van der Waals surface area contributed by atoms with Crippen LogP contribution in [0.5, 0.6) is 0 Å².